The third-order valence-corrected chi connectivity index (χ3v) is 16.2. The minimum Gasteiger partial charge on any atom is -0.0674 e. The monoisotopic (exact) mass is 642 g/mol. The van der Waals surface area contributed by atoms with Crippen LogP contribution in [-0.4, -0.2) is 0 Å². The molecular weight excluding hydrogens is 625 g/mol. The zero-order chi connectivity index (χ0) is 32.2. The van der Waals surface area contributed by atoms with Crippen molar-refractivity contribution in [2.24, 2.45) is 0 Å². The predicted octanol–water partition coefficient (Wildman–Crippen LogP) is 13.5. The Bertz CT molecular complexity index is 4030. The van der Waals surface area contributed by atoms with Gasteiger partial charge in [0.05, 0.1) is 10.8 Å². The second-order valence-electron chi connectivity index (χ2n) is 17.2. The van der Waals surface area contributed by atoms with Gasteiger partial charge in [0.25, 0.3) is 0 Å². The molecule has 52 heavy (non-hydrogen) atoms. The van der Waals surface area contributed by atoms with E-state index in [2.05, 4.69) is 109 Å². The molecule has 226 valence electrons. The third-order valence-electron chi connectivity index (χ3n) is 16.2. The summed E-state index contributed by atoms with van der Waals surface area (Å²) in [6.45, 7) is 0. The molecule has 0 saturated heterocycles. The van der Waals surface area contributed by atoms with Gasteiger partial charge < -0.3 is 0 Å². The lowest BCUT2D eigenvalue weighted by Crippen LogP contribution is -2.49. The summed E-state index contributed by atoms with van der Waals surface area (Å²) in [6.07, 6.45) is 10.5. The molecule has 0 heterocycles. The Labute approximate surface area is 292 Å². The van der Waals surface area contributed by atoms with Crippen molar-refractivity contribution in [2.75, 3.05) is 0 Å². The van der Waals surface area contributed by atoms with Crippen LogP contribution in [0.15, 0.2) is 97.1 Å². The Morgan fingerprint density at radius 3 is 1.04 bits per heavy atom. The lowest BCUT2D eigenvalue weighted by molar-refractivity contribution is 0.473. The largest absolute Gasteiger partial charge is 0.0674 e. The SMILES string of the molecule is C1=CC23c4ccccc4-c4ccccc4C24C=Cc2c5ccc6c7ccc8c9ccc%10c1c1c3c3c4c2c2c5c6c4c7c8c5c9c%10c1c1c3c2c4c15. The molecule has 0 N–H and O–H groups in total. The second kappa shape index (κ2) is 5.90. The van der Waals surface area contributed by atoms with Crippen molar-refractivity contribution in [3.8, 4) is 11.1 Å². The summed E-state index contributed by atoms with van der Waals surface area (Å²) < 4.78 is 0. The Balaban J connectivity index is 1.31. The van der Waals surface area contributed by atoms with E-state index in [9.17, 15) is 0 Å². The van der Waals surface area contributed by atoms with E-state index in [4.69, 9.17) is 0 Å². The molecule has 0 bridgehead atoms. The van der Waals surface area contributed by atoms with E-state index >= 15 is 0 Å². The highest BCUT2D eigenvalue weighted by atomic mass is 14.7. The van der Waals surface area contributed by atoms with E-state index in [1.54, 1.807) is 65.0 Å². The van der Waals surface area contributed by atoms with Crippen LogP contribution in [0.2, 0.25) is 0 Å². The molecule has 19 rings (SSSR count). The molecule has 2 unspecified atom stereocenters. The number of allylic oxidation sites excluding steroid dienone is 2. The molecule has 0 aliphatic heterocycles. The highest BCUT2D eigenvalue weighted by Gasteiger charge is 2.65. The molecule has 0 aromatic heterocycles. The number of rotatable bonds is 0. The van der Waals surface area contributed by atoms with Gasteiger partial charge in [0.15, 0.2) is 0 Å². The zero-order valence-electron chi connectivity index (χ0n) is 27.4. The quantitative estimate of drug-likeness (QED) is 0.144. The van der Waals surface area contributed by atoms with Crippen LogP contribution in [0, 0.1) is 0 Å². The predicted molar refractivity (Wildman–Crippen MR) is 220 cm³/mol. The fourth-order valence-electron chi connectivity index (χ4n) is 15.1. The normalized spacial score (nSPS) is 21.8. The van der Waals surface area contributed by atoms with Crippen LogP contribution in [-0.2, 0) is 10.8 Å². The van der Waals surface area contributed by atoms with Crippen LogP contribution in [0.25, 0.3) is 153 Å². The molecule has 0 radical (unpaired) electrons. The van der Waals surface area contributed by atoms with E-state index < -0.39 is 0 Å². The average molecular weight is 643 g/mol. The first-order valence-corrected chi connectivity index (χ1v) is 19.0. The van der Waals surface area contributed by atoms with Gasteiger partial charge in [-0.15, -0.1) is 0 Å². The number of hydrogen-bond acceptors (Lipinski definition) is 0. The molecule has 0 fully saturated rings. The van der Waals surface area contributed by atoms with Crippen LogP contribution in [0.4, 0.5) is 0 Å². The lowest BCUT2D eigenvalue weighted by Gasteiger charge is -2.51. The van der Waals surface area contributed by atoms with Crippen LogP contribution in [0.5, 0.6) is 0 Å². The van der Waals surface area contributed by atoms with E-state index in [1.165, 1.54) is 109 Å². The second-order valence-corrected chi connectivity index (χ2v) is 17.2. The molecule has 0 saturated carbocycles. The maximum absolute atomic E-state index is 2.69. The molecule has 15 aromatic carbocycles. The first-order chi connectivity index (χ1) is 25.8. The average Bonchev–Trinajstić information content (AvgIpc) is 4.01. The molecular formula is C52H18. The van der Waals surface area contributed by atoms with Crippen molar-refractivity contribution in [2.45, 2.75) is 10.8 Å². The van der Waals surface area contributed by atoms with Crippen molar-refractivity contribution in [3.05, 3.63) is 130 Å². The Kier molecular flexibility index (Phi) is 2.53. The van der Waals surface area contributed by atoms with E-state index in [0.717, 1.165) is 0 Å². The van der Waals surface area contributed by atoms with Gasteiger partial charge in [-0.2, -0.15) is 0 Å². The van der Waals surface area contributed by atoms with Crippen molar-refractivity contribution in [1.29, 1.82) is 0 Å². The van der Waals surface area contributed by atoms with E-state index in [-0.39, 0.29) is 10.8 Å². The third kappa shape index (κ3) is 1.52. The first-order valence-electron chi connectivity index (χ1n) is 19.0. The van der Waals surface area contributed by atoms with Crippen LogP contribution >= 0.6 is 0 Å². The number of benzene rings is 10. The van der Waals surface area contributed by atoms with Crippen LogP contribution in [0.3, 0.4) is 0 Å². The molecule has 0 amide bonds. The van der Waals surface area contributed by atoms with Gasteiger partial charge in [-0.3, -0.25) is 0 Å². The van der Waals surface area contributed by atoms with Gasteiger partial charge in [0.1, 0.15) is 0 Å². The standard InChI is InChI=1S/C52H18/c1-3-7-29-19(5-1)20-6-2-4-8-30(20)52-18-16-28-26-14-12-24-22-10-9-21-23-11-13-25-27-15-17-51(29,52)49-37(27)41-35(25)33(23)39-31(21)32(22)40-34(24)36(26)42-38(28)50(52)48(49)47-45(41)43(39)44(40)46(42)47/h1-18H. The minimum atomic E-state index is -0.359. The van der Waals surface area contributed by atoms with Gasteiger partial charge in [-0.05, 0) is 174 Å². The van der Waals surface area contributed by atoms with E-state index in [1.807, 2.05) is 0 Å². The number of hydrogen-bond donors (Lipinski definition) is 0. The maximum Gasteiger partial charge on any atom is 0.0576 e. The smallest absolute Gasteiger partial charge is 0.0576 e. The molecule has 4 aliphatic rings. The minimum absolute atomic E-state index is 0.359. The van der Waals surface area contributed by atoms with Gasteiger partial charge in [0.2, 0.25) is 0 Å². The summed E-state index contributed by atoms with van der Waals surface area (Å²) in [6, 6.07) is 33.8. The summed E-state index contributed by atoms with van der Waals surface area (Å²) in [4.78, 5) is 0. The Morgan fingerprint density at radius 1 is 0.269 bits per heavy atom. The summed E-state index contributed by atoms with van der Waals surface area (Å²) in [5, 5.41) is 36.5. The fraction of sp³-hybridized carbons (Fsp3) is 0.0385. The van der Waals surface area contributed by atoms with Crippen molar-refractivity contribution in [1.82, 2.24) is 0 Å². The Morgan fingerprint density at radius 2 is 0.596 bits per heavy atom. The van der Waals surface area contributed by atoms with Crippen LogP contribution < -0.4 is 0 Å². The van der Waals surface area contributed by atoms with Crippen molar-refractivity contribution < 1.29 is 0 Å². The number of fused-ring (bicyclic) bond motifs is 7. The highest BCUT2D eigenvalue weighted by Crippen LogP contribution is 2.76. The summed E-state index contributed by atoms with van der Waals surface area (Å²) in [7, 11) is 0. The summed E-state index contributed by atoms with van der Waals surface area (Å²) >= 11 is 0. The Hall–Kier alpha value is -6.50. The first kappa shape index (κ1) is 22.3. The van der Waals surface area contributed by atoms with Gasteiger partial charge >= 0.3 is 0 Å². The van der Waals surface area contributed by atoms with E-state index in [0.29, 0.717) is 0 Å². The molecule has 0 heteroatoms. The topological polar surface area (TPSA) is 0 Å². The summed E-state index contributed by atoms with van der Waals surface area (Å²) in [5.41, 5.74) is 11.1. The molecule has 2 atom stereocenters. The summed E-state index contributed by atoms with van der Waals surface area (Å²) in [5.74, 6) is 0. The fourth-order valence-corrected chi connectivity index (χ4v) is 15.1. The highest BCUT2D eigenvalue weighted by molar-refractivity contribution is 6.66. The van der Waals surface area contributed by atoms with Gasteiger partial charge in [0, 0.05) is 0 Å². The van der Waals surface area contributed by atoms with Crippen molar-refractivity contribution >= 4 is 141 Å². The van der Waals surface area contributed by atoms with Crippen molar-refractivity contribution in [3.63, 3.8) is 0 Å². The van der Waals surface area contributed by atoms with Gasteiger partial charge in [-0.1, -0.05) is 109 Å². The molecule has 15 aromatic rings. The lowest BCUT2D eigenvalue weighted by atomic mass is 9.49. The molecule has 0 nitrogen and oxygen atoms in total. The maximum atomic E-state index is 2.69. The van der Waals surface area contributed by atoms with Crippen LogP contribution in [0.1, 0.15) is 33.4 Å². The molecule has 4 aliphatic carbocycles. The molecule has 2 spiro atoms. The zero-order valence-corrected chi connectivity index (χ0v) is 27.4. The van der Waals surface area contributed by atoms with Gasteiger partial charge in [-0.25, -0.2) is 0 Å².